The van der Waals surface area contributed by atoms with Crippen LogP contribution in [0.25, 0.3) is 0 Å². The van der Waals surface area contributed by atoms with Crippen LogP contribution < -0.4 is 10.6 Å². The van der Waals surface area contributed by atoms with Gasteiger partial charge in [-0.05, 0) is 18.3 Å². The zero-order chi connectivity index (χ0) is 13.6. The van der Waals surface area contributed by atoms with Crippen LogP contribution >= 0.6 is 0 Å². The molecule has 2 amide bonds. The normalized spacial score (nSPS) is 19.2. The van der Waals surface area contributed by atoms with E-state index in [0.29, 0.717) is 6.54 Å². The number of aliphatic hydroxyl groups excluding tert-OH is 1. The molecule has 0 aromatic heterocycles. The van der Waals surface area contributed by atoms with Crippen molar-refractivity contribution in [1.82, 2.24) is 10.6 Å². The average molecular weight is 258 g/mol. The van der Waals surface area contributed by atoms with Gasteiger partial charge in [-0.15, -0.1) is 0 Å². The van der Waals surface area contributed by atoms with Gasteiger partial charge in [-0.25, -0.2) is 9.59 Å². The minimum absolute atomic E-state index is 0.0139. The lowest BCUT2D eigenvalue weighted by Gasteiger charge is -2.23. The highest BCUT2D eigenvalue weighted by Crippen LogP contribution is 2.36. The molecule has 1 aliphatic rings. The molecule has 104 valence electrons. The number of carbonyl (C=O) groups is 2. The lowest BCUT2D eigenvalue weighted by molar-refractivity contribution is -0.146. The number of amides is 2. The molecule has 0 aromatic rings. The quantitative estimate of drug-likeness (QED) is 0.563. The van der Waals surface area contributed by atoms with Crippen LogP contribution in [0.5, 0.6) is 0 Å². The van der Waals surface area contributed by atoms with E-state index >= 15 is 0 Å². The van der Waals surface area contributed by atoms with Crippen LogP contribution in [0.3, 0.4) is 0 Å². The van der Waals surface area contributed by atoms with Crippen LogP contribution in [-0.4, -0.2) is 41.4 Å². The Morgan fingerprint density at radius 1 is 1.28 bits per heavy atom. The van der Waals surface area contributed by atoms with Gasteiger partial charge in [0.05, 0.1) is 0 Å². The van der Waals surface area contributed by atoms with Gasteiger partial charge in [0.2, 0.25) is 0 Å². The summed E-state index contributed by atoms with van der Waals surface area (Å²) in [5.74, 6) is -1.27. The number of hydrogen-bond acceptors (Lipinski definition) is 3. The van der Waals surface area contributed by atoms with E-state index in [-0.39, 0.29) is 24.4 Å². The van der Waals surface area contributed by atoms with Gasteiger partial charge in [-0.2, -0.15) is 0 Å². The van der Waals surface area contributed by atoms with Crippen LogP contribution in [0.4, 0.5) is 4.79 Å². The third-order valence-corrected chi connectivity index (χ3v) is 3.47. The van der Waals surface area contributed by atoms with Crippen LogP contribution in [0, 0.1) is 5.41 Å². The predicted octanol–water partition coefficient (Wildman–Crippen LogP) is 0.701. The number of hydrogen-bond donors (Lipinski definition) is 4. The van der Waals surface area contributed by atoms with Gasteiger partial charge in [-0.1, -0.05) is 19.8 Å². The largest absolute Gasteiger partial charge is 0.479 e. The van der Waals surface area contributed by atoms with Crippen molar-refractivity contribution in [2.75, 3.05) is 13.1 Å². The molecule has 0 bridgehead atoms. The van der Waals surface area contributed by atoms with Crippen molar-refractivity contribution in [1.29, 1.82) is 0 Å². The molecule has 0 spiro atoms. The van der Waals surface area contributed by atoms with Crippen LogP contribution in [-0.2, 0) is 4.79 Å². The third kappa shape index (κ3) is 4.91. The molecule has 0 saturated heterocycles. The standard InChI is InChI=1S/C12H22N2O4/c1-12(5-2-3-6-12)8-14-11(18)13-7-4-9(15)10(16)17/h9,15H,2-8H2,1H3,(H,16,17)(H2,13,14,18). The fraction of sp³-hybridized carbons (Fsp3) is 0.833. The zero-order valence-electron chi connectivity index (χ0n) is 10.7. The third-order valence-electron chi connectivity index (χ3n) is 3.47. The van der Waals surface area contributed by atoms with Gasteiger partial charge < -0.3 is 20.8 Å². The maximum absolute atomic E-state index is 11.4. The summed E-state index contributed by atoms with van der Waals surface area (Å²) in [7, 11) is 0. The molecule has 0 heterocycles. The summed E-state index contributed by atoms with van der Waals surface area (Å²) in [4.78, 5) is 21.8. The molecule has 1 unspecified atom stereocenters. The first-order chi connectivity index (χ1) is 8.43. The molecule has 1 saturated carbocycles. The summed E-state index contributed by atoms with van der Waals surface area (Å²) in [5, 5.41) is 22.8. The number of aliphatic hydroxyl groups is 1. The van der Waals surface area contributed by atoms with Gasteiger partial charge in [-0.3, -0.25) is 0 Å². The monoisotopic (exact) mass is 258 g/mol. The summed E-state index contributed by atoms with van der Waals surface area (Å²) in [6.45, 7) is 2.95. The van der Waals surface area contributed by atoms with Gasteiger partial charge in [0, 0.05) is 19.5 Å². The van der Waals surface area contributed by atoms with Gasteiger partial charge in [0.15, 0.2) is 6.10 Å². The Morgan fingerprint density at radius 3 is 2.44 bits per heavy atom. The highest BCUT2D eigenvalue weighted by atomic mass is 16.4. The van der Waals surface area contributed by atoms with E-state index in [2.05, 4.69) is 17.6 Å². The molecular formula is C12H22N2O4. The zero-order valence-corrected chi connectivity index (χ0v) is 10.7. The SMILES string of the molecule is CC1(CNC(=O)NCCC(O)C(=O)O)CCCC1. The molecule has 18 heavy (non-hydrogen) atoms. The maximum Gasteiger partial charge on any atom is 0.332 e. The smallest absolute Gasteiger partial charge is 0.332 e. The van der Waals surface area contributed by atoms with Crippen molar-refractivity contribution >= 4 is 12.0 Å². The summed E-state index contributed by atoms with van der Waals surface area (Å²) in [5.41, 5.74) is 0.192. The minimum Gasteiger partial charge on any atom is -0.479 e. The van der Waals surface area contributed by atoms with E-state index in [9.17, 15) is 9.59 Å². The van der Waals surface area contributed by atoms with E-state index < -0.39 is 12.1 Å². The Morgan fingerprint density at radius 2 is 1.89 bits per heavy atom. The molecule has 6 nitrogen and oxygen atoms in total. The first-order valence-electron chi connectivity index (χ1n) is 6.35. The van der Waals surface area contributed by atoms with Crippen LogP contribution in [0.1, 0.15) is 39.0 Å². The van der Waals surface area contributed by atoms with Crippen molar-refractivity contribution in [2.45, 2.75) is 45.1 Å². The van der Waals surface area contributed by atoms with E-state index in [1.165, 1.54) is 12.8 Å². The molecular weight excluding hydrogens is 236 g/mol. The molecule has 0 radical (unpaired) electrons. The second-order valence-corrected chi connectivity index (χ2v) is 5.27. The molecule has 0 aliphatic heterocycles. The van der Waals surface area contributed by atoms with E-state index in [1.807, 2.05) is 0 Å². The Hall–Kier alpha value is -1.30. The van der Waals surface area contributed by atoms with Crippen molar-refractivity contribution in [3.63, 3.8) is 0 Å². The number of nitrogens with one attached hydrogen (secondary N) is 2. The summed E-state index contributed by atoms with van der Waals surface area (Å²) < 4.78 is 0. The molecule has 1 rings (SSSR count). The lowest BCUT2D eigenvalue weighted by atomic mass is 9.89. The van der Waals surface area contributed by atoms with E-state index in [0.717, 1.165) is 12.8 Å². The molecule has 6 heteroatoms. The number of aliphatic carboxylic acids is 1. The summed E-state index contributed by atoms with van der Waals surface area (Å²) in [6.07, 6.45) is 3.28. The topological polar surface area (TPSA) is 98.7 Å². The number of carbonyl (C=O) groups excluding carboxylic acids is 1. The first-order valence-corrected chi connectivity index (χ1v) is 6.35. The van der Waals surface area contributed by atoms with E-state index in [1.54, 1.807) is 0 Å². The van der Waals surface area contributed by atoms with Crippen molar-refractivity contribution in [3.05, 3.63) is 0 Å². The Balaban J connectivity index is 2.12. The second-order valence-electron chi connectivity index (χ2n) is 5.27. The maximum atomic E-state index is 11.4. The fourth-order valence-electron chi connectivity index (χ4n) is 2.21. The number of rotatable bonds is 6. The summed E-state index contributed by atoms with van der Waals surface area (Å²) >= 11 is 0. The van der Waals surface area contributed by atoms with Crippen molar-refractivity contribution in [3.8, 4) is 0 Å². The minimum atomic E-state index is -1.42. The Labute approximate surface area is 107 Å². The van der Waals surface area contributed by atoms with Crippen molar-refractivity contribution < 1.29 is 19.8 Å². The Kier molecular flexibility index (Phi) is 5.40. The predicted molar refractivity (Wildman–Crippen MR) is 66.2 cm³/mol. The van der Waals surface area contributed by atoms with Crippen molar-refractivity contribution in [2.24, 2.45) is 5.41 Å². The fourth-order valence-corrected chi connectivity index (χ4v) is 2.21. The first kappa shape index (κ1) is 14.8. The number of urea groups is 1. The lowest BCUT2D eigenvalue weighted by Crippen LogP contribution is -2.42. The highest BCUT2D eigenvalue weighted by molar-refractivity contribution is 5.74. The molecule has 1 atom stereocenters. The van der Waals surface area contributed by atoms with Gasteiger partial charge in [0.25, 0.3) is 0 Å². The Bertz CT molecular complexity index is 300. The average Bonchev–Trinajstić information content (AvgIpc) is 2.74. The van der Waals surface area contributed by atoms with Gasteiger partial charge >= 0.3 is 12.0 Å². The molecule has 0 aromatic carbocycles. The molecule has 4 N–H and O–H groups in total. The second kappa shape index (κ2) is 6.58. The van der Waals surface area contributed by atoms with Gasteiger partial charge in [0.1, 0.15) is 0 Å². The number of carboxylic acid groups (broad SMARTS) is 1. The highest BCUT2D eigenvalue weighted by Gasteiger charge is 2.28. The van der Waals surface area contributed by atoms with E-state index in [4.69, 9.17) is 10.2 Å². The molecule has 1 fully saturated rings. The summed E-state index contributed by atoms with van der Waals surface area (Å²) in [6, 6.07) is -0.305. The number of carboxylic acids is 1. The molecule has 1 aliphatic carbocycles. The van der Waals surface area contributed by atoms with Crippen LogP contribution in [0.2, 0.25) is 0 Å². The van der Waals surface area contributed by atoms with Crippen LogP contribution in [0.15, 0.2) is 0 Å².